The van der Waals surface area contributed by atoms with Crippen LogP contribution < -0.4 is 0 Å². The van der Waals surface area contributed by atoms with Gasteiger partial charge in [-0.1, -0.05) is 13.8 Å². The van der Waals surface area contributed by atoms with Gasteiger partial charge >= 0.3 is 12.1 Å². The van der Waals surface area contributed by atoms with E-state index in [4.69, 9.17) is 4.74 Å². The average Bonchev–Trinajstić information content (AvgIpc) is 2.51. The van der Waals surface area contributed by atoms with E-state index in [0.29, 0.717) is 6.42 Å². The van der Waals surface area contributed by atoms with Crippen molar-refractivity contribution in [3.05, 3.63) is 11.3 Å². The van der Waals surface area contributed by atoms with Crippen LogP contribution in [0.4, 0.5) is 4.79 Å². The zero-order valence-electron chi connectivity index (χ0n) is 18.2. The lowest BCUT2D eigenvalue weighted by Crippen LogP contribution is -2.51. The van der Waals surface area contributed by atoms with E-state index in [-0.39, 0.29) is 60.6 Å². The molecule has 1 heterocycles. The quantitative estimate of drug-likeness (QED) is 0.690. The minimum atomic E-state index is -1.44. The number of rotatable bonds is 3. The summed E-state index contributed by atoms with van der Waals surface area (Å²) in [7, 11) is 0. The van der Waals surface area contributed by atoms with Crippen LogP contribution in [0.2, 0.25) is 0 Å². The Labute approximate surface area is 171 Å². The number of hydrogen-bond donors (Lipinski definition) is 2. The van der Waals surface area contributed by atoms with E-state index in [9.17, 15) is 24.6 Å². The summed E-state index contributed by atoms with van der Waals surface area (Å²) in [6, 6.07) is 0. The number of ether oxygens (including phenoxy) is 1. The second-order valence-corrected chi connectivity index (χ2v) is 9.76. The first-order valence-electron chi connectivity index (χ1n) is 9.89. The van der Waals surface area contributed by atoms with Crippen LogP contribution in [-0.2, 0) is 14.3 Å². The molecular formula is C21H32N2O6. The number of nitrogens with zero attached hydrogens (tertiary/aromatic N) is 2. The topological polar surface area (TPSA) is 116 Å². The van der Waals surface area contributed by atoms with Crippen LogP contribution in [0, 0.1) is 5.41 Å². The second kappa shape index (κ2) is 7.80. The van der Waals surface area contributed by atoms with Crippen LogP contribution >= 0.6 is 0 Å². The van der Waals surface area contributed by atoms with Gasteiger partial charge < -0.3 is 19.8 Å². The monoisotopic (exact) mass is 408 g/mol. The number of hydrogen-bond acceptors (Lipinski definition) is 6. The van der Waals surface area contributed by atoms with Gasteiger partial charge in [0, 0.05) is 44.5 Å². The molecule has 1 fully saturated rings. The van der Waals surface area contributed by atoms with Crippen molar-refractivity contribution in [2.45, 2.75) is 78.4 Å². The van der Waals surface area contributed by atoms with Crippen molar-refractivity contribution in [3.63, 3.8) is 0 Å². The third-order valence-electron chi connectivity index (χ3n) is 5.24. The Morgan fingerprint density at radius 1 is 1.14 bits per heavy atom. The maximum atomic E-state index is 12.5. The standard InChI is InChI=1S/C21H32N2O6/c1-13(16-14(24)11-20(5,6)12-15(16)25)22-21(17(26)27)7-9-23(10-8-21)18(28)29-19(2,3)4/h24H,7-12H2,1-6H3,(H,26,27). The van der Waals surface area contributed by atoms with E-state index >= 15 is 0 Å². The summed E-state index contributed by atoms with van der Waals surface area (Å²) in [6.45, 7) is 11.0. The number of carboxylic acids is 1. The van der Waals surface area contributed by atoms with Crippen molar-refractivity contribution in [3.8, 4) is 0 Å². The Morgan fingerprint density at radius 3 is 2.14 bits per heavy atom. The number of carbonyl (C=O) groups excluding carboxylic acids is 2. The molecule has 8 nitrogen and oxygen atoms in total. The van der Waals surface area contributed by atoms with E-state index in [1.54, 1.807) is 27.7 Å². The fourth-order valence-corrected chi connectivity index (χ4v) is 3.83. The number of aliphatic hydroxyl groups is 1. The van der Waals surface area contributed by atoms with Gasteiger partial charge in [-0.15, -0.1) is 0 Å². The first-order chi connectivity index (χ1) is 13.2. The smallest absolute Gasteiger partial charge is 0.410 e. The molecule has 2 aliphatic rings. The minimum absolute atomic E-state index is 0.0424. The van der Waals surface area contributed by atoms with Crippen LogP contribution in [0.25, 0.3) is 0 Å². The molecule has 0 atom stereocenters. The molecule has 2 N–H and O–H groups in total. The number of aliphatic imine (C=N–C) groups is 1. The molecule has 162 valence electrons. The average molecular weight is 408 g/mol. The Bertz CT molecular complexity index is 765. The molecule has 0 unspecified atom stereocenters. The van der Waals surface area contributed by atoms with Gasteiger partial charge in [-0.05, 0) is 33.1 Å². The van der Waals surface area contributed by atoms with Crippen molar-refractivity contribution < 1.29 is 29.3 Å². The molecular weight excluding hydrogens is 376 g/mol. The number of likely N-dealkylation sites (tertiary alicyclic amines) is 1. The van der Waals surface area contributed by atoms with E-state index in [2.05, 4.69) is 4.99 Å². The van der Waals surface area contributed by atoms with Crippen molar-refractivity contribution in [1.82, 2.24) is 4.90 Å². The molecule has 1 aliphatic carbocycles. The SMILES string of the molecule is CC(=NC1(C(=O)O)CCN(C(=O)OC(C)(C)C)CC1)C1=C(O)CC(C)(C)CC1=O. The third kappa shape index (κ3) is 5.36. The highest BCUT2D eigenvalue weighted by atomic mass is 16.6. The largest absolute Gasteiger partial charge is 0.511 e. The number of aliphatic hydroxyl groups excluding tert-OH is 1. The van der Waals surface area contributed by atoms with Crippen LogP contribution in [0.1, 0.15) is 67.2 Å². The maximum absolute atomic E-state index is 12.5. The number of aliphatic carboxylic acids is 1. The van der Waals surface area contributed by atoms with Gasteiger partial charge in [-0.2, -0.15) is 0 Å². The summed E-state index contributed by atoms with van der Waals surface area (Å²) >= 11 is 0. The minimum Gasteiger partial charge on any atom is -0.511 e. The van der Waals surface area contributed by atoms with Gasteiger partial charge in [-0.3, -0.25) is 9.79 Å². The zero-order chi connectivity index (χ0) is 22.2. The highest BCUT2D eigenvalue weighted by Crippen LogP contribution is 2.37. The summed E-state index contributed by atoms with van der Waals surface area (Å²) in [5.41, 5.74) is -2.06. The molecule has 1 saturated heterocycles. The second-order valence-electron chi connectivity index (χ2n) is 9.76. The molecule has 0 radical (unpaired) electrons. The lowest BCUT2D eigenvalue weighted by molar-refractivity contribution is -0.145. The number of Topliss-reactive ketones (excluding diaryl/α,β-unsaturated/α-hetero) is 1. The summed E-state index contributed by atoms with van der Waals surface area (Å²) in [4.78, 5) is 42.7. The number of ketones is 1. The summed E-state index contributed by atoms with van der Waals surface area (Å²) < 4.78 is 5.35. The Hall–Kier alpha value is -2.38. The van der Waals surface area contributed by atoms with Gasteiger partial charge in [0.1, 0.15) is 11.4 Å². The third-order valence-corrected chi connectivity index (χ3v) is 5.24. The first-order valence-corrected chi connectivity index (χ1v) is 9.89. The number of carboxylic acid groups (broad SMARTS) is 1. The molecule has 29 heavy (non-hydrogen) atoms. The Balaban J connectivity index is 2.24. The molecule has 0 aromatic rings. The van der Waals surface area contributed by atoms with Gasteiger partial charge in [-0.25, -0.2) is 9.59 Å². The van der Waals surface area contributed by atoms with E-state index in [1.165, 1.54) is 4.90 Å². The van der Waals surface area contributed by atoms with Crippen molar-refractivity contribution >= 4 is 23.6 Å². The Morgan fingerprint density at radius 2 is 1.69 bits per heavy atom. The number of carbonyl (C=O) groups is 3. The molecule has 0 bridgehead atoms. The van der Waals surface area contributed by atoms with Crippen LogP contribution in [-0.4, -0.2) is 62.9 Å². The normalized spacial score (nSPS) is 22.5. The molecule has 0 aromatic heterocycles. The van der Waals surface area contributed by atoms with Crippen molar-refractivity contribution in [2.24, 2.45) is 10.4 Å². The zero-order valence-corrected chi connectivity index (χ0v) is 18.2. The predicted molar refractivity (Wildman–Crippen MR) is 108 cm³/mol. The fraction of sp³-hybridized carbons (Fsp3) is 0.714. The highest BCUT2D eigenvalue weighted by molar-refractivity contribution is 6.22. The molecule has 0 saturated carbocycles. The fourth-order valence-electron chi connectivity index (χ4n) is 3.83. The first kappa shape index (κ1) is 22.9. The predicted octanol–water partition coefficient (Wildman–Crippen LogP) is 3.50. The van der Waals surface area contributed by atoms with Crippen LogP contribution in [0.15, 0.2) is 16.3 Å². The molecule has 2 rings (SSSR count). The van der Waals surface area contributed by atoms with Gasteiger partial charge in [0.2, 0.25) is 0 Å². The maximum Gasteiger partial charge on any atom is 0.410 e. The van der Waals surface area contributed by atoms with Crippen molar-refractivity contribution in [2.75, 3.05) is 13.1 Å². The van der Waals surface area contributed by atoms with Gasteiger partial charge in [0.25, 0.3) is 0 Å². The van der Waals surface area contributed by atoms with Crippen LogP contribution in [0.5, 0.6) is 0 Å². The molecule has 1 aliphatic heterocycles. The lowest BCUT2D eigenvalue weighted by Gasteiger charge is -2.37. The number of piperidine rings is 1. The molecule has 8 heteroatoms. The van der Waals surface area contributed by atoms with Crippen LogP contribution in [0.3, 0.4) is 0 Å². The Kier molecular flexibility index (Phi) is 6.16. The summed E-state index contributed by atoms with van der Waals surface area (Å²) in [5, 5.41) is 20.2. The molecule has 0 spiro atoms. The van der Waals surface area contributed by atoms with Gasteiger partial charge in [0.15, 0.2) is 11.3 Å². The highest BCUT2D eigenvalue weighted by Gasteiger charge is 2.44. The van der Waals surface area contributed by atoms with Gasteiger partial charge in [0.05, 0.1) is 5.57 Å². The summed E-state index contributed by atoms with van der Waals surface area (Å²) in [5.74, 6) is -1.38. The summed E-state index contributed by atoms with van der Waals surface area (Å²) in [6.07, 6.45) is 0.334. The molecule has 1 amide bonds. The van der Waals surface area contributed by atoms with E-state index in [1.807, 2.05) is 13.8 Å². The number of amides is 1. The lowest BCUT2D eigenvalue weighted by atomic mass is 9.75. The van der Waals surface area contributed by atoms with Crippen molar-refractivity contribution in [1.29, 1.82) is 0 Å². The number of allylic oxidation sites excluding steroid dienone is 2. The van der Waals surface area contributed by atoms with E-state index < -0.39 is 23.2 Å². The molecule has 0 aromatic carbocycles. The van der Waals surface area contributed by atoms with E-state index in [0.717, 1.165) is 0 Å².